The fourth-order valence-corrected chi connectivity index (χ4v) is 2.34. The molecule has 0 N–H and O–H groups in total. The molecule has 0 radical (unpaired) electrons. The average Bonchev–Trinajstić information content (AvgIpc) is 2.58. The number of halogens is 3. The van der Waals surface area contributed by atoms with Gasteiger partial charge in [-0.1, -0.05) is 51.3 Å². The summed E-state index contributed by atoms with van der Waals surface area (Å²) < 4.78 is 1.72. The Morgan fingerprint density at radius 3 is 2.62 bits per heavy atom. The van der Waals surface area contributed by atoms with Gasteiger partial charge in [0.05, 0.1) is 21.4 Å². The summed E-state index contributed by atoms with van der Waals surface area (Å²) in [5.74, 6) is 0. The van der Waals surface area contributed by atoms with Crippen LogP contribution < -0.4 is 0 Å². The Bertz CT molecular complexity index is 503. The number of aromatic nitrogens is 2. The molecule has 1 aromatic heterocycles. The topological polar surface area (TPSA) is 17.8 Å². The Balaban J connectivity index is 2.62. The number of para-hydroxylation sites is 1. The SMILES string of the molecule is Cc1nn(-c2c(Cl)cccc2CBr)cc1Cl. The maximum atomic E-state index is 6.18. The second kappa shape index (κ2) is 4.78. The quantitative estimate of drug-likeness (QED) is 0.751. The number of benzene rings is 1. The van der Waals surface area contributed by atoms with Gasteiger partial charge in [-0.25, -0.2) is 4.68 Å². The third-order valence-electron chi connectivity index (χ3n) is 2.28. The Hall–Kier alpha value is -0.510. The molecular formula is C11H9BrCl2N2. The van der Waals surface area contributed by atoms with Crippen molar-refractivity contribution < 1.29 is 0 Å². The lowest BCUT2D eigenvalue weighted by Gasteiger charge is -2.08. The molecule has 2 aromatic rings. The van der Waals surface area contributed by atoms with E-state index in [0.29, 0.717) is 10.0 Å². The van der Waals surface area contributed by atoms with Crippen LogP contribution in [0.15, 0.2) is 24.4 Å². The van der Waals surface area contributed by atoms with E-state index >= 15 is 0 Å². The van der Waals surface area contributed by atoms with Gasteiger partial charge < -0.3 is 0 Å². The number of rotatable bonds is 2. The molecule has 0 aliphatic carbocycles. The van der Waals surface area contributed by atoms with Crippen molar-refractivity contribution >= 4 is 39.1 Å². The number of hydrogen-bond donors (Lipinski definition) is 0. The van der Waals surface area contributed by atoms with Crippen LogP contribution >= 0.6 is 39.1 Å². The van der Waals surface area contributed by atoms with Gasteiger partial charge in [-0.3, -0.25) is 0 Å². The first-order valence-corrected chi connectivity index (χ1v) is 6.56. The summed E-state index contributed by atoms with van der Waals surface area (Å²) in [6.07, 6.45) is 1.77. The van der Waals surface area contributed by atoms with Crippen LogP contribution in [-0.4, -0.2) is 9.78 Å². The van der Waals surface area contributed by atoms with Crippen LogP contribution in [0.4, 0.5) is 0 Å². The Kier molecular flexibility index (Phi) is 3.57. The van der Waals surface area contributed by atoms with E-state index in [-0.39, 0.29) is 0 Å². The predicted octanol–water partition coefficient (Wildman–Crippen LogP) is 4.38. The molecule has 0 aliphatic rings. The Labute approximate surface area is 112 Å². The summed E-state index contributed by atoms with van der Waals surface area (Å²) in [5.41, 5.74) is 2.74. The van der Waals surface area contributed by atoms with E-state index in [4.69, 9.17) is 23.2 Å². The lowest BCUT2D eigenvalue weighted by Crippen LogP contribution is -2.00. The van der Waals surface area contributed by atoms with Crippen LogP contribution in [0.5, 0.6) is 0 Å². The summed E-state index contributed by atoms with van der Waals surface area (Å²) in [7, 11) is 0. The van der Waals surface area contributed by atoms with Gasteiger partial charge in [0.1, 0.15) is 0 Å². The minimum atomic E-state index is 0.639. The van der Waals surface area contributed by atoms with Crippen LogP contribution in [0.25, 0.3) is 5.69 Å². The highest BCUT2D eigenvalue weighted by molar-refractivity contribution is 9.08. The Morgan fingerprint density at radius 2 is 2.06 bits per heavy atom. The van der Waals surface area contributed by atoms with Crippen LogP contribution in [0.1, 0.15) is 11.3 Å². The van der Waals surface area contributed by atoms with Gasteiger partial charge in [0.25, 0.3) is 0 Å². The van der Waals surface area contributed by atoms with Crippen LogP contribution in [-0.2, 0) is 5.33 Å². The molecule has 0 aliphatic heterocycles. The van der Waals surface area contributed by atoms with Crippen LogP contribution in [0, 0.1) is 6.92 Å². The minimum absolute atomic E-state index is 0.639. The zero-order chi connectivity index (χ0) is 11.7. The first kappa shape index (κ1) is 12.0. The third kappa shape index (κ3) is 2.12. The second-order valence-electron chi connectivity index (χ2n) is 3.39. The molecule has 2 rings (SSSR count). The highest BCUT2D eigenvalue weighted by Gasteiger charge is 2.11. The van der Waals surface area contributed by atoms with Gasteiger partial charge >= 0.3 is 0 Å². The summed E-state index contributed by atoms with van der Waals surface area (Å²) in [4.78, 5) is 0. The Morgan fingerprint density at radius 1 is 1.31 bits per heavy atom. The zero-order valence-corrected chi connectivity index (χ0v) is 11.6. The van der Waals surface area contributed by atoms with Crippen molar-refractivity contribution in [2.75, 3.05) is 0 Å². The molecule has 0 saturated carbocycles. The predicted molar refractivity (Wildman–Crippen MR) is 71.0 cm³/mol. The van der Waals surface area contributed by atoms with Gasteiger partial charge in [-0.2, -0.15) is 5.10 Å². The normalized spacial score (nSPS) is 10.8. The fourth-order valence-electron chi connectivity index (χ4n) is 1.48. The first-order chi connectivity index (χ1) is 7.63. The maximum Gasteiger partial charge on any atom is 0.0872 e. The van der Waals surface area contributed by atoms with Gasteiger partial charge in [0.2, 0.25) is 0 Å². The number of aryl methyl sites for hydroxylation is 1. The van der Waals surface area contributed by atoms with E-state index < -0.39 is 0 Å². The van der Waals surface area contributed by atoms with Crippen molar-refractivity contribution in [2.24, 2.45) is 0 Å². The number of nitrogens with zero attached hydrogens (tertiary/aromatic N) is 2. The standard InChI is InChI=1S/C11H9BrCl2N2/c1-7-10(14)6-16(15-7)11-8(5-12)3-2-4-9(11)13/h2-4,6H,5H2,1H3. The molecule has 0 unspecified atom stereocenters. The zero-order valence-electron chi connectivity index (χ0n) is 8.54. The maximum absolute atomic E-state index is 6.18. The smallest absolute Gasteiger partial charge is 0.0872 e. The highest BCUT2D eigenvalue weighted by Crippen LogP contribution is 2.27. The van der Waals surface area contributed by atoms with Gasteiger partial charge in [0, 0.05) is 11.5 Å². The lowest BCUT2D eigenvalue weighted by atomic mass is 10.2. The van der Waals surface area contributed by atoms with E-state index in [9.17, 15) is 0 Å². The molecule has 0 amide bonds. The van der Waals surface area contributed by atoms with E-state index in [1.165, 1.54) is 0 Å². The summed E-state index contributed by atoms with van der Waals surface area (Å²) in [6.45, 7) is 1.86. The average molecular weight is 320 g/mol. The molecule has 0 bridgehead atoms. The van der Waals surface area contributed by atoms with Gasteiger partial charge in [0.15, 0.2) is 0 Å². The van der Waals surface area contributed by atoms with Gasteiger partial charge in [-0.15, -0.1) is 0 Å². The molecule has 0 fully saturated rings. The molecule has 1 heterocycles. The molecule has 84 valence electrons. The highest BCUT2D eigenvalue weighted by atomic mass is 79.9. The molecule has 16 heavy (non-hydrogen) atoms. The fraction of sp³-hybridized carbons (Fsp3) is 0.182. The van der Waals surface area contributed by atoms with Crippen molar-refractivity contribution in [1.29, 1.82) is 0 Å². The van der Waals surface area contributed by atoms with E-state index in [2.05, 4.69) is 21.0 Å². The van der Waals surface area contributed by atoms with E-state index in [1.807, 2.05) is 25.1 Å². The molecule has 0 spiro atoms. The van der Waals surface area contributed by atoms with E-state index in [0.717, 1.165) is 22.3 Å². The lowest BCUT2D eigenvalue weighted by molar-refractivity contribution is 0.855. The van der Waals surface area contributed by atoms with Crippen LogP contribution in [0.2, 0.25) is 10.0 Å². The van der Waals surface area contributed by atoms with Crippen molar-refractivity contribution in [3.63, 3.8) is 0 Å². The monoisotopic (exact) mass is 318 g/mol. The number of hydrogen-bond acceptors (Lipinski definition) is 1. The molecule has 0 saturated heterocycles. The number of alkyl halides is 1. The summed E-state index contributed by atoms with van der Waals surface area (Å²) in [6, 6.07) is 5.76. The molecule has 1 aromatic carbocycles. The summed E-state index contributed by atoms with van der Waals surface area (Å²) >= 11 is 15.6. The largest absolute Gasteiger partial charge is 0.237 e. The van der Waals surface area contributed by atoms with Crippen molar-refractivity contribution in [2.45, 2.75) is 12.3 Å². The van der Waals surface area contributed by atoms with Crippen molar-refractivity contribution in [1.82, 2.24) is 9.78 Å². The second-order valence-corrected chi connectivity index (χ2v) is 4.76. The summed E-state index contributed by atoms with van der Waals surface area (Å²) in [5, 5.41) is 6.35. The van der Waals surface area contributed by atoms with Crippen molar-refractivity contribution in [3.8, 4) is 5.69 Å². The minimum Gasteiger partial charge on any atom is -0.237 e. The first-order valence-electron chi connectivity index (χ1n) is 4.69. The molecule has 5 heteroatoms. The van der Waals surface area contributed by atoms with Crippen molar-refractivity contribution in [3.05, 3.63) is 45.7 Å². The molecular weight excluding hydrogens is 311 g/mol. The van der Waals surface area contributed by atoms with E-state index in [1.54, 1.807) is 10.9 Å². The third-order valence-corrected chi connectivity index (χ3v) is 3.56. The van der Waals surface area contributed by atoms with Gasteiger partial charge in [-0.05, 0) is 18.6 Å². The van der Waals surface area contributed by atoms with Crippen LogP contribution in [0.3, 0.4) is 0 Å². The molecule has 2 nitrogen and oxygen atoms in total. The molecule has 0 atom stereocenters.